The third-order valence-electron chi connectivity index (χ3n) is 10.5. The number of oxazole rings is 1. The molecule has 0 radical (unpaired) electrons. The summed E-state index contributed by atoms with van der Waals surface area (Å²) in [6.45, 7) is 5.10. The lowest BCUT2D eigenvalue weighted by Crippen LogP contribution is -2.58. The Balaban J connectivity index is 1.22. The first-order chi connectivity index (χ1) is 26.7. The molecule has 2 aliphatic heterocycles. The van der Waals surface area contributed by atoms with Gasteiger partial charge in [0.05, 0.1) is 25.1 Å². The van der Waals surface area contributed by atoms with E-state index in [0.29, 0.717) is 54.3 Å². The number of sulfonamides is 1. The van der Waals surface area contributed by atoms with Crippen LogP contribution < -0.4 is 24.8 Å². The minimum Gasteiger partial charge on any atom is -0.497 e. The number of carbonyl (C=O) groups excluding carboxylic acids is 4. The number of carbonyl (C=O) groups is 4. The number of rotatable bonds is 8. The summed E-state index contributed by atoms with van der Waals surface area (Å²) in [7, 11) is -2.36. The second kappa shape index (κ2) is 15.4. The summed E-state index contributed by atoms with van der Waals surface area (Å²) >= 11 is 0. The summed E-state index contributed by atoms with van der Waals surface area (Å²) in [4.78, 5) is 66.2. The van der Waals surface area contributed by atoms with E-state index in [-0.39, 0.29) is 31.2 Å². The summed E-state index contributed by atoms with van der Waals surface area (Å²) in [6, 6.07) is 4.96. The van der Waals surface area contributed by atoms with E-state index in [0.717, 1.165) is 12.8 Å². The number of allylic oxidation sites excluding steroid dienone is 1. The van der Waals surface area contributed by atoms with Crippen LogP contribution in [-0.4, -0.2) is 95.3 Å². The van der Waals surface area contributed by atoms with E-state index in [1.54, 1.807) is 46.1 Å². The SMILES string of the molecule is COc1ccc2c(O[C@@H]3C[C@H]4C(=O)N[C@]5(C(=O)NS(=O)(=O)C6CC6)C[C@H]5/C=C\CCCCC[C@H](NC(=O)OC(C)(C)C)C(=O)N4C3)nc(-c3ncco3)cc2c1. The number of fused-ring (bicyclic) bond motifs is 3. The van der Waals surface area contributed by atoms with Crippen LogP contribution in [0.5, 0.6) is 11.6 Å². The summed E-state index contributed by atoms with van der Waals surface area (Å²) in [6.07, 6.45) is 9.38. The fraction of sp³-hybridized carbons (Fsp3) is 0.538. The molecule has 300 valence electrons. The van der Waals surface area contributed by atoms with Crippen molar-refractivity contribution in [2.75, 3.05) is 13.7 Å². The van der Waals surface area contributed by atoms with Gasteiger partial charge in [0.25, 0.3) is 5.91 Å². The van der Waals surface area contributed by atoms with E-state index in [1.807, 2.05) is 18.2 Å². The van der Waals surface area contributed by atoms with Crippen LogP contribution in [0.1, 0.15) is 78.6 Å². The molecule has 1 saturated heterocycles. The number of pyridine rings is 1. The molecule has 0 spiro atoms. The Hall–Kier alpha value is -5.19. The molecule has 3 fully saturated rings. The summed E-state index contributed by atoms with van der Waals surface area (Å²) < 4.78 is 51.0. The molecule has 5 atom stereocenters. The third-order valence-corrected chi connectivity index (χ3v) is 12.3. The highest BCUT2D eigenvalue weighted by Gasteiger charge is 2.62. The van der Waals surface area contributed by atoms with Gasteiger partial charge in [-0.2, -0.15) is 0 Å². The Bertz CT molecular complexity index is 2130. The third kappa shape index (κ3) is 8.61. The predicted octanol–water partition coefficient (Wildman–Crippen LogP) is 4.14. The number of nitrogens with zero attached hydrogens (tertiary/aromatic N) is 3. The molecule has 2 aliphatic carbocycles. The number of nitrogens with one attached hydrogen (secondary N) is 3. The second-order valence-electron chi connectivity index (χ2n) is 15.9. The van der Waals surface area contributed by atoms with Crippen molar-refractivity contribution in [3.8, 4) is 23.2 Å². The van der Waals surface area contributed by atoms with Gasteiger partial charge in [0.15, 0.2) is 0 Å². The van der Waals surface area contributed by atoms with E-state index in [4.69, 9.17) is 23.6 Å². The molecule has 3 aromatic rings. The van der Waals surface area contributed by atoms with E-state index in [2.05, 4.69) is 20.3 Å². The quantitative estimate of drug-likeness (QED) is 0.275. The van der Waals surface area contributed by atoms with Crippen LogP contribution in [0.25, 0.3) is 22.4 Å². The number of hydrogen-bond acceptors (Lipinski definition) is 12. The average molecular weight is 793 g/mol. The molecule has 0 unspecified atom stereocenters. The molecule has 0 bridgehead atoms. The Morgan fingerprint density at radius 1 is 1.09 bits per heavy atom. The average Bonchev–Trinajstić information content (AvgIpc) is 4.00. The highest BCUT2D eigenvalue weighted by atomic mass is 32.2. The summed E-state index contributed by atoms with van der Waals surface area (Å²) in [5.74, 6) is -1.37. The smallest absolute Gasteiger partial charge is 0.408 e. The van der Waals surface area contributed by atoms with Crippen molar-refractivity contribution in [1.82, 2.24) is 30.2 Å². The van der Waals surface area contributed by atoms with Gasteiger partial charge in [0, 0.05) is 17.7 Å². The van der Waals surface area contributed by atoms with E-state index in [9.17, 15) is 27.6 Å². The lowest BCUT2D eigenvalue weighted by molar-refractivity contribution is -0.141. The van der Waals surface area contributed by atoms with Gasteiger partial charge >= 0.3 is 6.09 Å². The Morgan fingerprint density at radius 2 is 1.89 bits per heavy atom. The maximum absolute atomic E-state index is 14.6. The number of aromatic nitrogens is 2. The first-order valence-electron chi connectivity index (χ1n) is 19.1. The van der Waals surface area contributed by atoms with Gasteiger partial charge in [0.1, 0.15) is 47.0 Å². The number of amides is 4. The van der Waals surface area contributed by atoms with Crippen LogP contribution in [0.15, 0.2) is 53.3 Å². The summed E-state index contributed by atoms with van der Waals surface area (Å²) in [5, 5.41) is 6.32. The minimum atomic E-state index is -3.91. The highest BCUT2D eigenvalue weighted by molar-refractivity contribution is 7.91. The van der Waals surface area contributed by atoms with Gasteiger partial charge in [0.2, 0.25) is 33.6 Å². The van der Waals surface area contributed by atoms with Crippen LogP contribution in [0.4, 0.5) is 4.79 Å². The van der Waals surface area contributed by atoms with Gasteiger partial charge in [-0.1, -0.05) is 25.0 Å². The van der Waals surface area contributed by atoms with Crippen molar-refractivity contribution < 1.29 is 46.2 Å². The molecular weight excluding hydrogens is 745 g/mol. The van der Waals surface area contributed by atoms with Crippen molar-refractivity contribution in [3.05, 3.63) is 48.9 Å². The van der Waals surface area contributed by atoms with E-state index in [1.165, 1.54) is 17.4 Å². The van der Waals surface area contributed by atoms with Crippen LogP contribution in [0, 0.1) is 5.92 Å². The number of benzene rings is 1. The van der Waals surface area contributed by atoms with Crippen LogP contribution in [-0.2, 0) is 29.1 Å². The fourth-order valence-electron chi connectivity index (χ4n) is 7.34. The molecule has 56 heavy (non-hydrogen) atoms. The molecule has 1 aromatic carbocycles. The molecule has 4 heterocycles. The first kappa shape index (κ1) is 39.1. The number of hydrogen-bond donors (Lipinski definition) is 3. The standard InChI is InChI=1S/C39H48N6O10S/c1-38(2,3)55-37(49)42-29-11-9-7-5-6-8-10-24-21-39(24,36(48)44-56(50,51)27-13-14-27)43-32(46)31-20-26(22-45(31)35(29)47)54-33-28-15-12-25(52-4)18-23(28)19-30(41-33)34-40-16-17-53-34/h8,10,12,15-19,24,26-27,29,31H,5-7,9,11,13-14,20-22H2,1-4H3,(H,42,49)(H,43,46)(H,44,48)/b10-8-/t24-,26-,29+,31+,39-/m1/s1. The zero-order valence-corrected chi connectivity index (χ0v) is 32.7. The van der Waals surface area contributed by atoms with Crippen molar-refractivity contribution in [3.63, 3.8) is 0 Å². The van der Waals surface area contributed by atoms with Crippen molar-refractivity contribution in [2.24, 2.45) is 5.92 Å². The zero-order valence-electron chi connectivity index (χ0n) is 31.9. The monoisotopic (exact) mass is 792 g/mol. The molecule has 17 heteroatoms. The van der Waals surface area contributed by atoms with Crippen molar-refractivity contribution >= 4 is 44.6 Å². The minimum absolute atomic E-state index is 0.00212. The first-order valence-corrected chi connectivity index (χ1v) is 20.6. The summed E-state index contributed by atoms with van der Waals surface area (Å²) in [5.41, 5.74) is -1.97. The van der Waals surface area contributed by atoms with Gasteiger partial charge in [-0.15, -0.1) is 0 Å². The van der Waals surface area contributed by atoms with Crippen LogP contribution in [0.3, 0.4) is 0 Å². The fourth-order valence-corrected chi connectivity index (χ4v) is 8.70. The second-order valence-corrected chi connectivity index (χ2v) is 17.9. The van der Waals surface area contributed by atoms with E-state index >= 15 is 0 Å². The number of methoxy groups -OCH3 is 1. The van der Waals surface area contributed by atoms with Gasteiger partial charge in [-0.25, -0.2) is 23.2 Å². The molecule has 2 saturated carbocycles. The largest absolute Gasteiger partial charge is 0.497 e. The molecular formula is C39H48N6O10S. The maximum atomic E-state index is 14.6. The molecule has 7 rings (SSSR count). The predicted molar refractivity (Wildman–Crippen MR) is 203 cm³/mol. The Kier molecular flexibility index (Phi) is 10.7. The molecule has 16 nitrogen and oxygen atoms in total. The topological polar surface area (TPSA) is 208 Å². The van der Waals surface area contributed by atoms with Gasteiger partial charge < -0.3 is 34.2 Å². The van der Waals surface area contributed by atoms with Crippen LogP contribution in [0.2, 0.25) is 0 Å². The van der Waals surface area contributed by atoms with Crippen molar-refractivity contribution in [1.29, 1.82) is 0 Å². The Morgan fingerprint density at radius 3 is 2.61 bits per heavy atom. The van der Waals surface area contributed by atoms with Crippen LogP contribution >= 0.6 is 0 Å². The molecule has 3 N–H and O–H groups in total. The zero-order chi connectivity index (χ0) is 39.8. The molecule has 4 aliphatic rings. The Labute approximate surface area is 325 Å². The maximum Gasteiger partial charge on any atom is 0.408 e. The lowest BCUT2D eigenvalue weighted by atomic mass is 10.0. The number of ether oxygens (including phenoxy) is 3. The van der Waals surface area contributed by atoms with E-state index < -0.39 is 74.3 Å². The molecule has 4 amide bonds. The normalized spacial score (nSPS) is 26.5. The van der Waals surface area contributed by atoms with Crippen molar-refractivity contribution in [2.45, 2.75) is 113 Å². The lowest BCUT2D eigenvalue weighted by Gasteiger charge is -2.30. The van der Waals surface area contributed by atoms with Gasteiger partial charge in [-0.05, 0) is 88.9 Å². The highest BCUT2D eigenvalue weighted by Crippen LogP contribution is 2.46. The molecule has 2 aromatic heterocycles. The number of alkyl carbamates (subject to hydrolysis) is 1. The van der Waals surface area contributed by atoms with Gasteiger partial charge in [-0.3, -0.25) is 19.1 Å².